The number of anilines is 1. The molecule has 2 aliphatic carbocycles. The number of aryl methyl sites for hydroxylation is 1. The van der Waals surface area contributed by atoms with Gasteiger partial charge in [-0.3, -0.25) is 4.79 Å². The first-order chi connectivity index (χ1) is 15.8. The van der Waals surface area contributed by atoms with Gasteiger partial charge in [-0.05, 0) is 68.5 Å². The Morgan fingerprint density at radius 1 is 1.09 bits per heavy atom. The van der Waals surface area contributed by atoms with Gasteiger partial charge in [0.05, 0.1) is 33.3 Å². The number of sulfone groups is 1. The predicted molar refractivity (Wildman–Crippen MR) is 129 cm³/mol. The van der Waals surface area contributed by atoms with E-state index in [1.165, 1.54) is 0 Å². The summed E-state index contributed by atoms with van der Waals surface area (Å²) in [7, 11) is -3.39. The van der Waals surface area contributed by atoms with Crippen LogP contribution in [0, 0.1) is 6.92 Å². The molecule has 0 aliphatic heterocycles. The maximum atomic E-state index is 13.2. The minimum absolute atomic E-state index is 0.264. The van der Waals surface area contributed by atoms with Crippen molar-refractivity contribution in [3.8, 4) is 5.69 Å². The SMILES string of the molecule is Cc1ccc(-n2ncc(C(=O)Nc3cccc(S(=O)(=O)C4CCCC4)c3)c2C2CC2)cc1Cl. The van der Waals surface area contributed by atoms with Gasteiger partial charge in [-0.15, -0.1) is 0 Å². The fraction of sp³-hybridized carbons (Fsp3) is 0.360. The van der Waals surface area contributed by atoms with E-state index in [0.717, 1.165) is 42.6 Å². The Morgan fingerprint density at radius 3 is 2.55 bits per heavy atom. The number of carbonyl (C=O) groups is 1. The summed E-state index contributed by atoms with van der Waals surface area (Å²) in [5, 5.41) is 7.70. The first-order valence-electron chi connectivity index (χ1n) is 11.3. The Labute approximate surface area is 198 Å². The Morgan fingerprint density at radius 2 is 1.85 bits per heavy atom. The molecule has 172 valence electrons. The molecule has 1 aromatic heterocycles. The van der Waals surface area contributed by atoms with E-state index in [1.54, 1.807) is 35.1 Å². The maximum absolute atomic E-state index is 13.2. The van der Waals surface area contributed by atoms with E-state index in [9.17, 15) is 13.2 Å². The second-order valence-electron chi connectivity index (χ2n) is 9.00. The summed E-state index contributed by atoms with van der Waals surface area (Å²) in [6.07, 6.45) is 6.87. The van der Waals surface area contributed by atoms with Crippen LogP contribution in [0.5, 0.6) is 0 Å². The topological polar surface area (TPSA) is 81.1 Å². The summed E-state index contributed by atoms with van der Waals surface area (Å²) in [5.74, 6) is -0.0285. The molecule has 0 saturated heterocycles. The molecule has 0 atom stereocenters. The van der Waals surface area contributed by atoms with Crippen molar-refractivity contribution in [3.05, 3.63) is 70.5 Å². The molecule has 2 aromatic carbocycles. The first-order valence-corrected chi connectivity index (χ1v) is 13.3. The molecule has 5 rings (SSSR count). The van der Waals surface area contributed by atoms with Crippen molar-refractivity contribution in [2.24, 2.45) is 0 Å². The fourth-order valence-corrected chi connectivity index (χ4v) is 6.62. The monoisotopic (exact) mass is 483 g/mol. The van der Waals surface area contributed by atoms with Gasteiger partial charge >= 0.3 is 0 Å². The molecule has 3 aromatic rings. The Kier molecular flexibility index (Phi) is 5.79. The van der Waals surface area contributed by atoms with Gasteiger partial charge in [-0.2, -0.15) is 5.10 Å². The number of nitrogens with zero attached hydrogens (tertiary/aromatic N) is 2. The molecule has 33 heavy (non-hydrogen) atoms. The van der Waals surface area contributed by atoms with Gasteiger partial charge in [0.2, 0.25) is 0 Å². The number of nitrogens with one attached hydrogen (secondary N) is 1. The number of aromatic nitrogens is 2. The standard InChI is InChI=1S/C25H26ClN3O3S/c1-16-9-12-19(14-23(16)26)29-24(17-10-11-17)22(15-27-29)25(30)28-18-5-4-8-21(13-18)33(31,32)20-6-2-3-7-20/h4-5,8-9,12-15,17,20H,2-3,6-7,10-11H2,1H3,(H,28,30). The van der Waals surface area contributed by atoms with Crippen molar-refractivity contribution in [1.82, 2.24) is 9.78 Å². The van der Waals surface area contributed by atoms with Crippen LogP contribution in [0.4, 0.5) is 5.69 Å². The van der Waals surface area contributed by atoms with E-state index >= 15 is 0 Å². The fourth-order valence-electron chi connectivity index (χ4n) is 4.54. The lowest BCUT2D eigenvalue weighted by molar-refractivity contribution is 0.102. The zero-order valence-electron chi connectivity index (χ0n) is 18.4. The Balaban J connectivity index is 1.43. The van der Waals surface area contributed by atoms with Crippen LogP contribution in [-0.2, 0) is 9.84 Å². The van der Waals surface area contributed by atoms with Crippen LogP contribution in [0.25, 0.3) is 5.69 Å². The summed E-state index contributed by atoms with van der Waals surface area (Å²) in [6.45, 7) is 1.94. The average molecular weight is 484 g/mol. The largest absolute Gasteiger partial charge is 0.322 e. The van der Waals surface area contributed by atoms with Crippen molar-refractivity contribution in [2.75, 3.05) is 5.32 Å². The van der Waals surface area contributed by atoms with Crippen LogP contribution in [0.3, 0.4) is 0 Å². The number of hydrogen-bond donors (Lipinski definition) is 1. The highest BCUT2D eigenvalue weighted by Gasteiger charge is 2.33. The van der Waals surface area contributed by atoms with Crippen molar-refractivity contribution < 1.29 is 13.2 Å². The minimum Gasteiger partial charge on any atom is -0.322 e. The van der Waals surface area contributed by atoms with E-state index in [2.05, 4.69) is 10.4 Å². The van der Waals surface area contributed by atoms with E-state index in [4.69, 9.17) is 11.6 Å². The molecule has 2 fully saturated rings. The van der Waals surface area contributed by atoms with Crippen LogP contribution in [-0.4, -0.2) is 29.4 Å². The van der Waals surface area contributed by atoms with Crippen LogP contribution in [0.15, 0.2) is 53.6 Å². The molecule has 1 N–H and O–H groups in total. The minimum atomic E-state index is -3.39. The zero-order chi connectivity index (χ0) is 23.2. The summed E-state index contributed by atoms with van der Waals surface area (Å²) in [6, 6.07) is 12.3. The van der Waals surface area contributed by atoms with Crippen LogP contribution in [0.1, 0.15) is 66.1 Å². The van der Waals surface area contributed by atoms with Crippen LogP contribution >= 0.6 is 11.6 Å². The summed E-state index contributed by atoms with van der Waals surface area (Å²) in [5.41, 5.74) is 3.62. The Hall–Kier alpha value is -2.64. The number of halogens is 1. The quantitative estimate of drug-likeness (QED) is 0.489. The molecule has 2 aliphatic rings. The molecule has 1 amide bonds. The second kappa shape index (κ2) is 8.61. The lowest BCUT2D eigenvalue weighted by atomic mass is 10.1. The Bertz CT molecular complexity index is 1320. The van der Waals surface area contributed by atoms with E-state index in [1.807, 2.05) is 25.1 Å². The maximum Gasteiger partial charge on any atom is 0.259 e. The van der Waals surface area contributed by atoms with Crippen molar-refractivity contribution in [1.29, 1.82) is 0 Å². The molecule has 0 unspecified atom stereocenters. The van der Waals surface area contributed by atoms with E-state index < -0.39 is 9.84 Å². The average Bonchev–Trinajstić information content (AvgIpc) is 3.29. The third-order valence-electron chi connectivity index (χ3n) is 6.58. The second-order valence-corrected chi connectivity index (χ2v) is 11.6. The third-order valence-corrected chi connectivity index (χ3v) is 9.24. The molecule has 2 saturated carbocycles. The van der Waals surface area contributed by atoms with E-state index in [-0.39, 0.29) is 22.0 Å². The molecular formula is C25H26ClN3O3S. The molecule has 8 heteroatoms. The lowest BCUT2D eigenvalue weighted by Crippen LogP contribution is -2.18. The number of hydrogen-bond acceptors (Lipinski definition) is 4. The molecule has 6 nitrogen and oxygen atoms in total. The molecule has 0 bridgehead atoms. The smallest absolute Gasteiger partial charge is 0.259 e. The number of rotatable bonds is 6. The van der Waals surface area contributed by atoms with Gasteiger partial charge in [0.15, 0.2) is 9.84 Å². The van der Waals surface area contributed by atoms with Crippen molar-refractivity contribution >= 4 is 33.0 Å². The van der Waals surface area contributed by atoms with Gasteiger partial charge in [0, 0.05) is 16.6 Å². The molecule has 1 heterocycles. The molecule has 0 radical (unpaired) electrons. The highest BCUT2D eigenvalue weighted by Crippen LogP contribution is 2.43. The van der Waals surface area contributed by atoms with Gasteiger partial charge < -0.3 is 5.32 Å². The van der Waals surface area contributed by atoms with Crippen molar-refractivity contribution in [2.45, 2.75) is 61.5 Å². The number of carbonyl (C=O) groups excluding carboxylic acids is 1. The van der Waals surface area contributed by atoms with Crippen LogP contribution in [0.2, 0.25) is 5.02 Å². The number of amides is 1. The lowest BCUT2D eigenvalue weighted by Gasteiger charge is -2.13. The predicted octanol–water partition coefficient (Wildman–Crippen LogP) is 5.68. The summed E-state index contributed by atoms with van der Waals surface area (Å²) < 4.78 is 27.7. The third kappa shape index (κ3) is 4.32. The normalized spacial score (nSPS) is 16.8. The van der Waals surface area contributed by atoms with Gasteiger partial charge in [-0.1, -0.05) is 36.6 Å². The van der Waals surface area contributed by atoms with Gasteiger partial charge in [0.1, 0.15) is 0 Å². The van der Waals surface area contributed by atoms with Crippen molar-refractivity contribution in [3.63, 3.8) is 0 Å². The summed E-state index contributed by atoms with van der Waals surface area (Å²) in [4.78, 5) is 13.5. The highest BCUT2D eigenvalue weighted by atomic mass is 35.5. The zero-order valence-corrected chi connectivity index (χ0v) is 20.0. The molecule has 0 spiro atoms. The summed E-state index contributed by atoms with van der Waals surface area (Å²) >= 11 is 6.32. The van der Waals surface area contributed by atoms with Gasteiger partial charge in [0.25, 0.3) is 5.91 Å². The molecular weight excluding hydrogens is 458 g/mol. The van der Waals surface area contributed by atoms with Gasteiger partial charge in [-0.25, -0.2) is 13.1 Å². The van der Waals surface area contributed by atoms with E-state index in [0.29, 0.717) is 29.1 Å². The first kappa shape index (κ1) is 22.2. The van der Waals surface area contributed by atoms with Crippen LogP contribution < -0.4 is 5.32 Å². The highest BCUT2D eigenvalue weighted by molar-refractivity contribution is 7.92. The number of benzene rings is 2.